The van der Waals surface area contributed by atoms with E-state index in [4.69, 9.17) is 4.74 Å². The summed E-state index contributed by atoms with van der Waals surface area (Å²) in [6.45, 7) is 5.32. The molecule has 0 fully saturated rings. The summed E-state index contributed by atoms with van der Waals surface area (Å²) in [6.07, 6.45) is 5.19. The van der Waals surface area contributed by atoms with Crippen LogP contribution in [0.1, 0.15) is 30.9 Å². The molecule has 2 rings (SSSR count). The number of thioether (sulfide) groups is 1. The van der Waals surface area contributed by atoms with Gasteiger partial charge in [-0.05, 0) is 54.3 Å². The Bertz CT molecular complexity index is 684. The molecule has 1 aromatic heterocycles. The van der Waals surface area contributed by atoms with Crippen molar-refractivity contribution in [2.24, 2.45) is 0 Å². The Hall–Kier alpha value is -2.01. The van der Waals surface area contributed by atoms with Gasteiger partial charge in [0.05, 0.1) is 12.4 Å². The number of anilines is 1. The Morgan fingerprint density at radius 1 is 1.15 bits per heavy atom. The van der Waals surface area contributed by atoms with Gasteiger partial charge in [0.25, 0.3) is 0 Å². The highest BCUT2D eigenvalue weighted by molar-refractivity contribution is 8.13. The van der Waals surface area contributed by atoms with Crippen LogP contribution in [0.4, 0.5) is 10.5 Å². The number of hydrogen-bond acceptors (Lipinski definition) is 4. The highest BCUT2D eigenvalue weighted by Crippen LogP contribution is 2.22. The van der Waals surface area contributed by atoms with E-state index in [1.165, 1.54) is 28.6 Å². The van der Waals surface area contributed by atoms with Crippen LogP contribution in [0.5, 0.6) is 0 Å². The minimum atomic E-state index is -0.196. The Balaban J connectivity index is 1.85. The molecule has 0 saturated heterocycles. The molecular weight excluding hydrogens is 344 g/mol. The van der Waals surface area contributed by atoms with E-state index in [2.05, 4.69) is 79.3 Å². The molecule has 0 aliphatic heterocycles. The van der Waals surface area contributed by atoms with Crippen molar-refractivity contribution in [2.75, 3.05) is 31.4 Å². The van der Waals surface area contributed by atoms with E-state index < -0.39 is 0 Å². The number of hydrogen-bond donors (Lipinski definition) is 0. The lowest BCUT2D eigenvalue weighted by Crippen LogP contribution is -2.34. The second-order valence-corrected chi connectivity index (χ2v) is 7.60. The third-order valence-corrected chi connectivity index (χ3v) is 5.05. The molecule has 0 radical (unpaired) electrons. The number of ether oxygens (including phenoxy) is 1. The zero-order chi connectivity index (χ0) is 18.9. The van der Waals surface area contributed by atoms with E-state index in [1.54, 1.807) is 0 Å². The van der Waals surface area contributed by atoms with Crippen molar-refractivity contribution >= 4 is 22.8 Å². The molecule has 0 bridgehead atoms. The zero-order valence-corrected chi connectivity index (χ0v) is 17.0. The summed E-state index contributed by atoms with van der Waals surface area (Å²) < 4.78 is 7.02. The van der Waals surface area contributed by atoms with Gasteiger partial charge in [-0.3, -0.25) is 0 Å². The van der Waals surface area contributed by atoms with Crippen LogP contribution in [0.2, 0.25) is 0 Å². The Labute approximate surface area is 161 Å². The molecule has 0 N–H and O–H groups in total. The first-order chi connectivity index (χ1) is 12.5. The van der Waals surface area contributed by atoms with Crippen LogP contribution < -0.4 is 9.47 Å². The summed E-state index contributed by atoms with van der Waals surface area (Å²) in [7, 11) is 4.12. The van der Waals surface area contributed by atoms with E-state index in [0.717, 1.165) is 18.7 Å². The van der Waals surface area contributed by atoms with E-state index in [9.17, 15) is 4.79 Å². The van der Waals surface area contributed by atoms with E-state index >= 15 is 0 Å². The van der Waals surface area contributed by atoms with Crippen LogP contribution in [0, 0.1) is 0 Å². The average molecular weight is 374 g/mol. The fraction of sp³-hybridized carbons (Fsp3) is 0.429. The summed E-state index contributed by atoms with van der Waals surface area (Å²) in [5, 5.41) is -0.196. The molecule has 140 valence electrons. The van der Waals surface area contributed by atoms with E-state index in [1.807, 2.05) is 6.92 Å². The molecule has 1 unspecified atom stereocenters. The lowest BCUT2D eigenvalue weighted by molar-refractivity contribution is -0.692. The first-order valence-corrected chi connectivity index (χ1v) is 10.0. The van der Waals surface area contributed by atoms with Gasteiger partial charge in [0.15, 0.2) is 18.9 Å². The molecule has 1 atom stereocenters. The molecule has 1 heterocycles. The van der Waals surface area contributed by atoms with Gasteiger partial charge in [-0.15, -0.1) is 0 Å². The largest absolute Gasteiger partial charge is 0.458 e. The second-order valence-electron chi connectivity index (χ2n) is 6.57. The SMILES string of the molecule is CCOC(=O)SCC[n+]1ccc(CC(C)c2ccc(N(C)C)cc2)cc1. The first kappa shape index (κ1) is 20.3. The van der Waals surface area contributed by atoms with Gasteiger partial charge in [-0.25, -0.2) is 9.36 Å². The fourth-order valence-corrected chi connectivity index (χ4v) is 3.41. The van der Waals surface area contributed by atoms with Crippen molar-refractivity contribution in [3.8, 4) is 0 Å². The predicted molar refractivity (Wildman–Crippen MR) is 109 cm³/mol. The molecule has 26 heavy (non-hydrogen) atoms. The average Bonchev–Trinajstić information content (AvgIpc) is 2.63. The molecule has 0 aliphatic rings. The Morgan fingerprint density at radius 2 is 1.81 bits per heavy atom. The van der Waals surface area contributed by atoms with Crippen molar-refractivity contribution in [1.29, 1.82) is 0 Å². The van der Waals surface area contributed by atoms with Crippen LogP contribution in [-0.2, 0) is 17.7 Å². The maximum atomic E-state index is 11.3. The van der Waals surface area contributed by atoms with Gasteiger partial charge in [-0.2, -0.15) is 0 Å². The number of rotatable bonds is 8. The summed E-state index contributed by atoms with van der Waals surface area (Å²) >= 11 is 1.23. The van der Waals surface area contributed by atoms with Gasteiger partial charge < -0.3 is 9.64 Å². The Kier molecular flexibility index (Phi) is 7.98. The Morgan fingerprint density at radius 3 is 2.38 bits per heavy atom. The summed E-state index contributed by atoms with van der Waals surface area (Å²) in [5.41, 5.74) is 3.91. The lowest BCUT2D eigenvalue weighted by atomic mass is 9.94. The number of carbonyl (C=O) groups is 1. The summed E-state index contributed by atoms with van der Waals surface area (Å²) in [5.74, 6) is 1.19. The zero-order valence-electron chi connectivity index (χ0n) is 16.1. The number of benzene rings is 1. The maximum absolute atomic E-state index is 11.3. The third kappa shape index (κ3) is 6.37. The number of carbonyl (C=O) groups excluding carboxylic acids is 1. The topological polar surface area (TPSA) is 33.4 Å². The van der Waals surface area contributed by atoms with Crippen LogP contribution in [0.25, 0.3) is 0 Å². The normalized spacial score (nSPS) is 11.8. The molecule has 0 spiro atoms. The summed E-state index contributed by atoms with van der Waals surface area (Å²) in [6, 6.07) is 13.1. The molecule has 0 aliphatic carbocycles. The van der Waals surface area contributed by atoms with Gasteiger partial charge in [-0.1, -0.05) is 19.1 Å². The molecule has 4 nitrogen and oxygen atoms in total. The van der Waals surface area contributed by atoms with Gasteiger partial charge in [0.1, 0.15) is 0 Å². The molecular formula is C21H29N2O2S+. The molecule has 5 heteroatoms. The van der Waals surface area contributed by atoms with E-state index in [-0.39, 0.29) is 5.30 Å². The van der Waals surface area contributed by atoms with Gasteiger partial charge in [0.2, 0.25) is 0 Å². The van der Waals surface area contributed by atoms with Crippen LogP contribution in [-0.4, -0.2) is 31.8 Å². The number of nitrogens with zero attached hydrogens (tertiary/aromatic N) is 2. The predicted octanol–water partition coefficient (Wildman–Crippen LogP) is 4.28. The van der Waals surface area contributed by atoms with Crippen molar-refractivity contribution in [3.05, 3.63) is 59.9 Å². The molecule has 2 aromatic rings. The van der Waals surface area contributed by atoms with Crippen LogP contribution >= 0.6 is 11.8 Å². The minimum Gasteiger partial charge on any atom is -0.458 e. The van der Waals surface area contributed by atoms with Crippen molar-refractivity contribution in [2.45, 2.75) is 32.7 Å². The van der Waals surface area contributed by atoms with Crippen LogP contribution in [0.15, 0.2) is 48.8 Å². The van der Waals surface area contributed by atoms with Crippen molar-refractivity contribution < 1.29 is 14.1 Å². The summed E-state index contributed by atoms with van der Waals surface area (Å²) in [4.78, 5) is 13.4. The smallest absolute Gasteiger partial charge is 0.367 e. The van der Waals surface area contributed by atoms with Crippen LogP contribution in [0.3, 0.4) is 0 Å². The molecule has 0 amide bonds. The molecule has 1 aromatic carbocycles. The molecule has 0 saturated carbocycles. The lowest BCUT2D eigenvalue weighted by Gasteiger charge is -2.15. The van der Waals surface area contributed by atoms with Gasteiger partial charge in [0, 0.05) is 31.9 Å². The van der Waals surface area contributed by atoms with E-state index in [0.29, 0.717) is 12.5 Å². The maximum Gasteiger partial charge on any atom is 0.367 e. The third-order valence-electron chi connectivity index (χ3n) is 4.31. The first-order valence-electron chi connectivity index (χ1n) is 9.04. The minimum absolute atomic E-state index is 0.196. The van der Waals surface area contributed by atoms with Gasteiger partial charge >= 0.3 is 5.30 Å². The number of aryl methyl sites for hydroxylation is 1. The highest BCUT2D eigenvalue weighted by atomic mass is 32.2. The monoisotopic (exact) mass is 373 g/mol. The van der Waals surface area contributed by atoms with Crippen molar-refractivity contribution in [3.63, 3.8) is 0 Å². The fourth-order valence-electron chi connectivity index (χ4n) is 2.74. The highest BCUT2D eigenvalue weighted by Gasteiger charge is 2.10. The quantitative estimate of drug-likeness (QED) is 0.511. The number of aromatic nitrogens is 1. The number of pyridine rings is 1. The standard InChI is InChI=1S/C21H29N2O2S/c1-5-25-21(24)26-15-14-23-12-10-18(11-13-23)16-17(2)19-6-8-20(9-7-19)22(3)4/h6-13,17H,5,14-16H2,1-4H3/q+1. The van der Waals surface area contributed by atoms with Crippen molar-refractivity contribution in [1.82, 2.24) is 0 Å². The second kappa shape index (κ2) is 10.2.